The van der Waals surface area contributed by atoms with Gasteiger partial charge in [0.25, 0.3) is 5.91 Å². The number of carbonyl (C=O) groups excluding carboxylic acids is 1. The lowest BCUT2D eigenvalue weighted by Crippen LogP contribution is -2.38. The standard InChI is InChI=1S/C24H21Cl2FN4O.CH4/c1-14-22(24(32)30-12-2-3-20(30)15-4-7-17(27)8-5-15)23(31-21(29-14)10-11-28-31)16-6-9-18(25)19(26)13-16;/h4-11,13,20,23,29H,2-3,12H2,1H3;1H4/t20-,23+;/m0./s1. The van der Waals surface area contributed by atoms with E-state index in [1.165, 1.54) is 12.1 Å². The highest BCUT2D eigenvalue weighted by Crippen LogP contribution is 2.41. The van der Waals surface area contributed by atoms with E-state index in [4.69, 9.17) is 23.2 Å². The number of rotatable bonds is 3. The van der Waals surface area contributed by atoms with Gasteiger partial charge in [0, 0.05) is 18.3 Å². The van der Waals surface area contributed by atoms with E-state index in [1.807, 2.05) is 24.0 Å². The van der Waals surface area contributed by atoms with Crippen molar-refractivity contribution < 1.29 is 9.18 Å². The molecular weight excluding hydrogens is 462 g/mol. The van der Waals surface area contributed by atoms with Crippen molar-refractivity contribution in [3.05, 3.63) is 93.0 Å². The van der Waals surface area contributed by atoms with Crippen molar-refractivity contribution in [1.82, 2.24) is 14.7 Å². The molecule has 1 fully saturated rings. The van der Waals surface area contributed by atoms with Crippen LogP contribution in [0, 0.1) is 5.82 Å². The number of nitrogens with one attached hydrogen (secondary N) is 1. The fourth-order valence-corrected chi connectivity index (χ4v) is 4.98. The predicted octanol–water partition coefficient (Wildman–Crippen LogP) is 6.62. The summed E-state index contributed by atoms with van der Waals surface area (Å²) in [6.07, 6.45) is 3.42. The van der Waals surface area contributed by atoms with Gasteiger partial charge in [0.05, 0.1) is 27.9 Å². The normalized spacial score (nSPS) is 19.7. The molecule has 5 rings (SSSR count). The summed E-state index contributed by atoms with van der Waals surface area (Å²) >= 11 is 12.5. The van der Waals surface area contributed by atoms with Gasteiger partial charge in [-0.3, -0.25) is 4.79 Å². The molecule has 1 aromatic heterocycles. The predicted molar refractivity (Wildman–Crippen MR) is 130 cm³/mol. The van der Waals surface area contributed by atoms with Crippen LogP contribution in [0.3, 0.4) is 0 Å². The number of allylic oxidation sites excluding steroid dienone is 1. The number of carbonyl (C=O) groups is 1. The summed E-state index contributed by atoms with van der Waals surface area (Å²) in [5.74, 6) is 0.441. The lowest BCUT2D eigenvalue weighted by atomic mass is 9.93. The number of hydrogen-bond acceptors (Lipinski definition) is 3. The van der Waals surface area contributed by atoms with Gasteiger partial charge in [-0.15, -0.1) is 0 Å². The van der Waals surface area contributed by atoms with E-state index in [2.05, 4.69) is 10.4 Å². The van der Waals surface area contributed by atoms with Crippen LogP contribution in [0.5, 0.6) is 0 Å². The molecule has 0 aliphatic carbocycles. The van der Waals surface area contributed by atoms with Gasteiger partial charge in [-0.2, -0.15) is 5.10 Å². The average molecular weight is 487 g/mol. The Morgan fingerprint density at radius 1 is 1.09 bits per heavy atom. The van der Waals surface area contributed by atoms with Crippen molar-refractivity contribution in [1.29, 1.82) is 0 Å². The van der Waals surface area contributed by atoms with E-state index in [-0.39, 0.29) is 25.2 Å². The summed E-state index contributed by atoms with van der Waals surface area (Å²) in [7, 11) is 0. The first kappa shape index (κ1) is 23.3. The zero-order valence-electron chi connectivity index (χ0n) is 17.4. The van der Waals surface area contributed by atoms with E-state index in [9.17, 15) is 9.18 Å². The smallest absolute Gasteiger partial charge is 0.254 e. The second-order valence-corrected chi connectivity index (χ2v) is 8.92. The van der Waals surface area contributed by atoms with E-state index in [0.717, 1.165) is 35.5 Å². The van der Waals surface area contributed by atoms with Crippen molar-refractivity contribution >= 4 is 34.9 Å². The largest absolute Gasteiger partial charge is 0.344 e. The first-order valence-electron chi connectivity index (χ1n) is 10.5. The van der Waals surface area contributed by atoms with Gasteiger partial charge in [-0.05, 0) is 55.2 Å². The highest BCUT2D eigenvalue weighted by molar-refractivity contribution is 6.42. The summed E-state index contributed by atoms with van der Waals surface area (Å²) in [6.45, 7) is 2.54. The fourth-order valence-electron chi connectivity index (χ4n) is 4.67. The summed E-state index contributed by atoms with van der Waals surface area (Å²) in [5.41, 5.74) is 3.13. The van der Waals surface area contributed by atoms with Gasteiger partial charge in [0.15, 0.2) is 0 Å². The number of benzene rings is 2. The van der Waals surface area contributed by atoms with Gasteiger partial charge >= 0.3 is 0 Å². The summed E-state index contributed by atoms with van der Waals surface area (Å²) < 4.78 is 15.2. The minimum absolute atomic E-state index is 0. The highest BCUT2D eigenvalue weighted by Gasteiger charge is 2.39. The molecule has 0 unspecified atom stereocenters. The number of aromatic nitrogens is 2. The van der Waals surface area contributed by atoms with E-state index < -0.39 is 6.04 Å². The van der Waals surface area contributed by atoms with Gasteiger partial charge in [0.2, 0.25) is 0 Å². The number of likely N-dealkylation sites (tertiary alicyclic amines) is 1. The van der Waals surface area contributed by atoms with Crippen LogP contribution in [-0.2, 0) is 4.79 Å². The molecule has 2 aliphatic heterocycles. The van der Waals surface area contributed by atoms with Crippen molar-refractivity contribution in [2.45, 2.75) is 39.3 Å². The molecule has 0 spiro atoms. The van der Waals surface area contributed by atoms with Gasteiger partial charge in [-0.25, -0.2) is 9.07 Å². The van der Waals surface area contributed by atoms with Crippen molar-refractivity contribution in [3.8, 4) is 0 Å². The Balaban J connectivity index is 0.00000259. The van der Waals surface area contributed by atoms with Crippen LogP contribution in [0.4, 0.5) is 10.2 Å². The van der Waals surface area contributed by atoms with Gasteiger partial charge in [0.1, 0.15) is 17.7 Å². The van der Waals surface area contributed by atoms with Crippen LogP contribution >= 0.6 is 23.2 Å². The second kappa shape index (κ2) is 9.20. The maximum Gasteiger partial charge on any atom is 0.254 e. The van der Waals surface area contributed by atoms with Crippen LogP contribution in [0.1, 0.15) is 50.4 Å². The highest BCUT2D eigenvalue weighted by atomic mass is 35.5. The molecule has 8 heteroatoms. The number of anilines is 1. The maximum absolute atomic E-state index is 14.0. The van der Waals surface area contributed by atoms with Crippen LogP contribution in [0.2, 0.25) is 10.0 Å². The number of nitrogens with zero attached hydrogens (tertiary/aromatic N) is 3. The third-order valence-electron chi connectivity index (χ3n) is 6.17. The molecule has 2 aromatic carbocycles. The van der Waals surface area contributed by atoms with Crippen LogP contribution in [0.15, 0.2) is 66.0 Å². The van der Waals surface area contributed by atoms with Crippen molar-refractivity contribution in [3.63, 3.8) is 0 Å². The van der Waals surface area contributed by atoms with Gasteiger partial charge < -0.3 is 10.2 Å². The molecule has 1 saturated heterocycles. The first-order chi connectivity index (χ1) is 15.4. The minimum Gasteiger partial charge on any atom is -0.344 e. The quantitative estimate of drug-likeness (QED) is 0.452. The molecule has 1 N–H and O–H groups in total. The maximum atomic E-state index is 14.0. The Bertz CT molecular complexity index is 1220. The molecule has 0 bridgehead atoms. The average Bonchev–Trinajstić information content (AvgIpc) is 3.44. The molecule has 5 nitrogen and oxygen atoms in total. The topological polar surface area (TPSA) is 50.2 Å². The van der Waals surface area contributed by atoms with E-state index >= 15 is 0 Å². The Hall–Kier alpha value is -2.83. The molecule has 0 saturated carbocycles. The summed E-state index contributed by atoms with van der Waals surface area (Å²) in [4.78, 5) is 15.9. The molecule has 0 radical (unpaired) electrons. The van der Waals surface area contributed by atoms with Crippen molar-refractivity contribution in [2.24, 2.45) is 0 Å². The third kappa shape index (κ3) is 4.13. The number of amides is 1. The van der Waals surface area contributed by atoms with Crippen LogP contribution in [-0.4, -0.2) is 27.1 Å². The van der Waals surface area contributed by atoms with Gasteiger partial charge in [-0.1, -0.05) is 48.8 Å². The Labute approximate surface area is 202 Å². The Kier molecular flexibility index (Phi) is 6.50. The molecule has 3 aromatic rings. The molecule has 1 amide bonds. The van der Waals surface area contributed by atoms with E-state index in [0.29, 0.717) is 22.2 Å². The molecule has 33 heavy (non-hydrogen) atoms. The molecule has 2 atom stereocenters. The second-order valence-electron chi connectivity index (χ2n) is 8.11. The number of fused-ring (bicyclic) bond motifs is 1. The molecule has 3 heterocycles. The lowest BCUT2D eigenvalue weighted by molar-refractivity contribution is -0.128. The third-order valence-corrected chi connectivity index (χ3v) is 6.91. The number of hydrogen-bond donors (Lipinski definition) is 1. The SMILES string of the molecule is C.CC1=C(C(=O)N2CCC[C@H]2c2ccc(F)cc2)[C@@H](c2ccc(Cl)c(Cl)c2)n2nccc2N1. The fraction of sp³-hybridized carbons (Fsp3) is 0.280. The molecule has 2 aliphatic rings. The zero-order valence-corrected chi connectivity index (χ0v) is 18.9. The summed E-state index contributed by atoms with van der Waals surface area (Å²) in [5, 5.41) is 8.66. The first-order valence-corrected chi connectivity index (χ1v) is 11.2. The van der Waals surface area contributed by atoms with Crippen LogP contribution in [0.25, 0.3) is 0 Å². The Morgan fingerprint density at radius 2 is 1.82 bits per heavy atom. The summed E-state index contributed by atoms with van der Waals surface area (Å²) in [6, 6.07) is 13.1. The van der Waals surface area contributed by atoms with Crippen molar-refractivity contribution in [2.75, 3.05) is 11.9 Å². The Morgan fingerprint density at radius 3 is 2.55 bits per heavy atom. The zero-order chi connectivity index (χ0) is 22.4. The van der Waals surface area contributed by atoms with Crippen LogP contribution < -0.4 is 5.32 Å². The molecular formula is C25H25Cl2FN4O. The molecule has 172 valence electrons. The van der Waals surface area contributed by atoms with E-state index in [1.54, 1.807) is 35.1 Å². The minimum atomic E-state index is -0.446. The number of halogens is 3. The monoisotopic (exact) mass is 486 g/mol. The lowest BCUT2D eigenvalue weighted by Gasteiger charge is -2.34.